The van der Waals surface area contributed by atoms with Gasteiger partial charge in [0.25, 0.3) is 0 Å². The summed E-state index contributed by atoms with van der Waals surface area (Å²) < 4.78 is 16.3. The van der Waals surface area contributed by atoms with Crippen molar-refractivity contribution in [1.82, 2.24) is 20.2 Å². The maximum Gasteiger partial charge on any atom is 0.322 e. The van der Waals surface area contributed by atoms with Gasteiger partial charge in [-0.2, -0.15) is 0 Å². The Morgan fingerprint density at radius 2 is 2.08 bits per heavy atom. The van der Waals surface area contributed by atoms with Crippen molar-refractivity contribution in [2.75, 3.05) is 12.4 Å². The number of anilines is 2. The van der Waals surface area contributed by atoms with Crippen LogP contribution in [-0.4, -0.2) is 27.3 Å². The summed E-state index contributed by atoms with van der Waals surface area (Å²) in [6.07, 6.45) is 1.64. The molecule has 0 fully saturated rings. The first-order valence-electron chi connectivity index (χ1n) is 7.91. The van der Waals surface area contributed by atoms with Crippen molar-refractivity contribution in [3.8, 4) is 17.2 Å². The van der Waals surface area contributed by atoms with E-state index in [0.717, 1.165) is 27.6 Å². The third kappa shape index (κ3) is 2.35. The quantitative estimate of drug-likeness (QED) is 0.504. The highest BCUT2D eigenvalue weighted by Gasteiger charge is 2.13. The molecule has 0 unspecified atom stereocenters. The van der Waals surface area contributed by atoms with Crippen LogP contribution < -0.4 is 10.1 Å². The molecule has 0 amide bonds. The van der Waals surface area contributed by atoms with Gasteiger partial charge in [-0.25, -0.2) is 4.98 Å². The summed E-state index contributed by atoms with van der Waals surface area (Å²) in [5.41, 5.74) is 3.19. The number of methoxy groups -OCH3 is 1. The van der Waals surface area contributed by atoms with Crippen molar-refractivity contribution in [2.45, 2.75) is 0 Å². The Morgan fingerprint density at radius 1 is 1.12 bits per heavy atom. The molecule has 26 heavy (non-hydrogen) atoms. The normalized spacial score (nSPS) is 11.3. The molecule has 0 radical (unpaired) electrons. The highest BCUT2D eigenvalue weighted by molar-refractivity contribution is 5.84. The predicted molar refractivity (Wildman–Crippen MR) is 95.4 cm³/mol. The number of benzene rings is 2. The van der Waals surface area contributed by atoms with Crippen molar-refractivity contribution in [3.63, 3.8) is 0 Å². The number of rotatable bonds is 4. The van der Waals surface area contributed by atoms with E-state index in [9.17, 15) is 0 Å². The molecule has 0 aliphatic carbocycles. The van der Waals surface area contributed by atoms with Crippen LogP contribution in [0.4, 0.5) is 12.0 Å². The minimum Gasteiger partial charge on any atom is -0.494 e. The topological polar surface area (TPSA) is 102 Å². The molecule has 5 rings (SSSR count). The van der Waals surface area contributed by atoms with Crippen LogP contribution in [0.2, 0.25) is 0 Å². The number of imidazole rings is 1. The number of aromatic nitrogens is 4. The van der Waals surface area contributed by atoms with Crippen LogP contribution in [0.5, 0.6) is 5.75 Å². The number of fused-ring (bicyclic) bond motifs is 2. The Bertz CT molecular complexity index is 1220. The number of aromatic amines is 1. The van der Waals surface area contributed by atoms with E-state index in [4.69, 9.17) is 13.6 Å². The Balaban J connectivity index is 1.45. The number of furan rings is 1. The molecule has 0 spiro atoms. The second kappa shape index (κ2) is 5.62. The van der Waals surface area contributed by atoms with E-state index in [0.29, 0.717) is 17.6 Å². The van der Waals surface area contributed by atoms with Crippen molar-refractivity contribution >= 4 is 34.0 Å². The molecule has 5 aromatic rings. The summed E-state index contributed by atoms with van der Waals surface area (Å²) in [6.45, 7) is 0. The first-order chi connectivity index (χ1) is 12.8. The van der Waals surface area contributed by atoms with Gasteiger partial charge in [0.05, 0.1) is 18.9 Å². The fourth-order valence-electron chi connectivity index (χ4n) is 2.82. The molecule has 128 valence electrons. The molecular formula is C18H13N5O3. The number of hydrogen-bond acceptors (Lipinski definition) is 7. The third-order valence-electron chi connectivity index (χ3n) is 4.05. The van der Waals surface area contributed by atoms with Crippen molar-refractivity contribution in [3.05, 3.63) is 48.7 Å². The smallest absolute Gasteiger partial charge is 0.322 e. The van der Waals surface area contributed by atoms with Gasteiger partial charge in [-0.3, -0.25) is 5.32 Å². The number of para-hydroxylation sites is 1. The predicted octanol–water partition coefficient (Wildman–Crippen LogP) is 4.11. The minimum absolute atomic E-state index is 0.241. The molecule has 0 bridgehead atoms. The molecule has 0 atom stereocenters. The molecule has 0 saturated heterocycles. The SMILES string of the molecule is COc1cccc2[nH]c(Nc3nnc(-c4ccc5occc5c4)o3)nc12. The summed E-state index contributed by atoms with van der Waals surface area (Å²) in [6, 6.07) is 13.4. The number of ether oxygens (including phenoxy) is 1. The van der Waals surface area contributed by atoms with E-state index >= 15 is 0 Å². The average Bonchev–Trinajstić information content (AvgIpc) is 3.39. The van der Waals surface area contributed by atoms with Gasteiger partial charge in [-0.1, -0.05) is 11.2 Å². The standard InChI is InChI=1S/C18H13N5O3/c1-24-14-4-2-3-12-15(14)20-17(19-12)21-18-23-22-16(26-18)11-5-6-13-10(9-11)7-8-25-13/h2-9H,1H3,(H2,19,20,21,23). The molecule has 0 aliphatic rings. The average molecular weight is 347 g/mol. The summed E-state index contributed by atoms with van der Waals surface area (Å²) in [4.78, 5) is 7.61. The lowest BCUT2D eigenvalue weighted by Gasteiger charge is -1.97. The Labute approximate surface area is 146 Å². The van der Waals surface area contributed by atoms with Gasteiger partial charge in [0.1, 0.15) is 16.8 Å². The Hall–Kier alpha value is -3.81. The van der Waals surface area contributed by atoms with Crippen molar-refractivity contribution in [2.24, 2.45) is 0 Å². The van der Waals surface area contributed by atoms with Gasteiger partial charge in [0.2, 0.25) is 11.8 Å². The fraction of sp³-hybridized carbons (Fsp3) is 0.0556. The first kappa shape index (κ1) is 14.5. The largest absolute Gasteiger partial charge is 0.494 e. The van der Waals surface area contributed by atoms with E-state index < -0.39 is 0 Å². The van der Waals surface area contributed by atoms with Gasteiger partial charge in [0.15, 0.2) is 0 Å². The van der Waals surface area contributed by atoms with Gasteiger partial charge >= 0.3 is 6.01 Å². The van der Waals surface area contributed by atoms with Crippen LogP contribution in [0.1, 0.15) is 0 Å². The van der Waals surface area contributed by atoms with Crippen LogP contribution in [0.3, 0.4) is 0 Å². The highest BCUT2D eigenvalue weighted by atomic mass is 16.5. The molecule has 3 heterocycles. The molecule has 2 aromatic carbocycles. The fourth-order valence-corrected chi connectivity index (χ4v) is 2.82. The number of hydrogen-bond donors (Lipinski definition) is 2. The molecule has 8 heteroatoms. The maximum absolute atomic E-state index is 5.70. The van der Waals surface area contributed by atoms with Gasteiger partial charge in [-0.15, -0.1) is 5.10 Å². The maximum atomic E-state index is 5.70. The van der Waals surface area contributed by atoms with Crippen LogP contribution in [0.15, 0.2) is 57.6 Å². The van der Waals surface area contributed by atoms with E-state index in [2.05, 4.69) is 25.5 Å². The Morgan fingerprint density at radius 3 is 3.00 bits per heavy atom. The third-order valence-corrected chi connectivity index (χ3v) is 4.05. The molecular weight excluding hydrogens is 334 g/mol. The van der Waals surface area contributed by atoms with Crippen LogP contribution in [-0.2, 0) is 0 Å². The second-order valence-corrected chi connectivity index (χ2v) is 5.65. The lowest BCUT2D eigenvalue weighted by Crippen LogP contribution is -1.92. The summed E-state index contributed by atoms with van der Waals surface area (Å²) in [5, 5.41) is 12.1. The summed E-state index contributed by atoms with van der Waals surface area (Å²) >= 11 is 0. The van der Waals surface area contributed by atoms with Crippen LogP contribution >= 0.6 is 0 Å². The lowest BCUT2D eigenvalue weighted by atomic mass is 10.1. The van der Waals surface area contributed by atoms with Crippen LogP contribution in [0.25, 0.3) is 33.5 Å². The van der Waals surface area contributed by atoms with Crippen LogP contribution in [0, 0.1) is 0 Å². The molecule has 0 saturated carbocycles. The van der Waals surface area contributed by atoms with E-state index in [-0.39, 0.29) is 6.01 Å². The number of nitrogens with zero attached hydrogens (tertiary/aromatic N) is 3. The summed E-state index contributed by atoms with van der Waals surface area (Å²) in [7, 11) is 1.61. The second-order valence-electron chi connectivity index (χ2n) is 5.65. The molecule has 3 aromatic heterocycles. The van der Waals surface area contributed by atoms with Crippen molar-refractivity contribution < 1.29 is 13.6 Å². The monoisotopic (exact) mass is 347 g/mol. The first-order valence-corrected chi connectivity index (χ1v) is 7.91. The molecule has 2 N–H and O–H groups in total. The van der Waals surface area contributed by atoms with E-state index in [1.165, 1.54) is 0 Å². The number of H-pyrrole nitrogens is 1. The lowest BCUT2D eigenvalue weighted by molar-refractivity contribution is 0.419. The molecule has 8 nitrogen and oxygen atoms in total. The minimum atomic E-state index is 0.241. The molecule has 0 aliphatic heterocycles. The highest BCUT2D eigenvalue weighted by Crippen LogP contribution is 2.28. The van der Waals surface area contributed by atoms with Gasteiger partial charge in [0, 0.05) is 10.9 Å². The zero-order valence-electron chi connectivity index (χ0n) is 13.7. The van der Waals surface area contributed by atoms with Crippen molar-refractivity contribution in [1.29, 1.82) is 0 Å². The van der Waals surface area contributed by atoms with Gasteiger partial charge in [-0.05, 0) is 36.4 Å². The summed E-state index contributed by atoms with van der Waals surface area (Å²) in [5.74, 6) is 1.58. The van der Waals surface area contributed by atoms with E-state index in [1.54, 1.807) is 13.4 Å². The van der Waals surface area contributed by atoms with E-state index in [1.807, 2.05) is 42.5 Å². The zero-order valence-corrected chi connectivity index (χ0v) is 13.7. The van der Waals surface area contributed by atoms with Gasteiger partial charge < -0.3 is 18.6 Å². The Kier molecular flexibility index (Phi) is 3.14. The zero-order chi connectivity index (χ0) is 17.5. The number of nitrogens with one attached hydrogen (secondary N) is 2.